The molecular formula is C12H25NO. The van der Waals surface area contributed by atoms with Crippen LogP contribution in [-0.2, 0) is 0 Å². The fourth-order valence-corrected chi connectivity index (χ4v) is 2.08. The molecule has 84 valence electrons. The highest BCUT2D eigenvalue weighted by molar-refractivity contribution is 4.86. The molecule has 0 spiro atoms. The van der Waals surface area contributed by atoms with Gasteiger partial charge in [-0.1, -0.05) is 13.8 Å². The molecule has 0 saturated heterocycles. The van der Waals surface area contributed by atoms with Crippen LogP contribution in [0.5, 0.6) is 0 Å². The van der Waals surface area contributed by atoms with Gasteiger partial charge in [0.1, 0.15) is 0 Å². The Morgan fingerprint density at radius 2 is 1.93 bits per heavy atom. The van der Waals surface area contributed by atoms with E-state index in [1.165, 1.54) is 12.8 Å². The van der Waals surface area contributed by atoms with Crippen molar-refractivity contribution in [1.29, 1.82) is 0 Å². The summed E-state index contributed by atoms with van der Waals surface area (Å²) in [7, 11) is 0. The van der Waals surface area contributed by atoms with Gasteiger partial charge in [-0.2, -0.15) is 0 Å². The van der Waals surface area contributed by atoms with Crippen molar-refractivity contribution in [2.75, 3.05) is 6.54 Å². The topological polar surface area (TPSA) is 32.3 Å². The van der Waals surface area contributed by atoms with E-state index in [1.807, 2.05) is 6.92 Å². The molecule has 1 rings (SSSR count). The maximum atomic E-state index is 9.08. The minimum atomic E-state index is -0.137. The fraction of sp³-hybridized carbons (Fsp3) is 1.00. The van der Waals surface area contributed by atoms with Crippen LogP contribution in [0.4, 0.5) is 0 Å². The van der Waals surface area contributed by atoms with Gasteiger partial charge in [-0.15, -0.1) is 0 Å². The minimum absolute atomic E-state index is 0.137. The Labute approximate surface area is 88.1 Å². The van der Waals surface area contributed by atoms with Gasteiger partial charge in [-0.25, -0.2) is 0 Å². The van der Waals surface area contributed by atoms with E-state index in [2.05, 4.69) is 19.2 Å². The number of aliphatic hydroxyl groups excluding tert-OH is 1. The minimum Gasteiger partial charge on any atom is -0.393 e. The van der Waals surface area contributed by atoms with Gasteiger partial charge in [0, 0.05) is 6.04 Å². The van der Waals surface area contributed by atoms with E-state index in [0.717, 1.165) is 37.3 Å². The van der Waals surface area contributed by atoms with E-state index >= 15 is 0 Å². The van der Waals surface area contributed by atoms with Crippen molar-refractivity contribution in [2.24, 2.45) is 11.8 Å². The molecule has 1 aliphatic carbocycles. The molecule has 0 amide bonds. The van der Waals surface area contributed by atoms with Crippen LogP contribution in [0.1, 0.15) is 46.5 Å². The first-order chi connectivity index (χ1) is 6.59. The highest BCUT2D eigenvalue weighted by Gasteiger charge is 2.30. The molecule has 2 heteroatoms. The zero-order valence-corrected chi connectivity index (χ0v) is 9.79. The quantitative estimate of drug-likeness (QED) is 0.643. The van der Waals surface area contributed by atoms with Crippen molar-refractivity contribution < 1.29 is 5.11 Å². The van der Waals surface area contributed by atoms with Crippen molar-refractivity contribution in [1.82, 2.24) is 5.32 Å². The highest BCUT2D eigenvalue weighted by Crippen LogP contribution is 2.33. The summed E-state index contributed by atoms with van der Waals surface area (Å²) in [6.07, 6.45) is 4.59. The Kier molecular flexibility index (Phi) is 4.90. The predicted molar refractivity (Wildman–Crippen MR) is 60.3 cm³/mol. The molecular weight excluding hydrogens is 174 g/mol. The van der Waals surface area contributed by atoms with Crippen LogP contribution in [0, 0.1) is 11.8 Å². The molecule has 2 nitrogen and oxygen atoms in total. The first-order valence-electron chi connectivity index (χ1n) is 6.01. The van der Waals surface area contributed by atoms with E-state index < -0.39 is 0 Å². The second-order valence-corrected chi connectivity index (χ2v) is 5.12. The normalized spacial score (nSPS) is 28.9. The Balaban J connectivity index is 1.91. The molecule has 1 unspecified atom stereocenters. The van der Waals surface area contributed by atoms with E-state index in [0.29, 0.717) is 0 Å². The second kappa shape index (κ2) is 5.72. The molecule has 0 radical (unpaired) electrons. The lowest BCUT2D eigenvalue weighted by atomic mass is 9.74. The lowest BCUT2D eigenvalue weighted by Crippen LogP contribution is -2.43. The van der Waals surface area contributed by atoms with Gasteiger partial charge in [-0.3, -0.25) is 0 Å². The maximum absolute atomic E-state index is 9.08. The Morgan fingerprint density at radius 3 is 2.43 bits per heavy atom. The third-order valence-electron chi connectivity index (χ3n) is 3.35. The first-order valence-corrected chi connectivity index (χ1v) is 6.01. The van der Waals surface area contributed by atoms with Crippen molar-refractivity contribution in [3.05, 3.63) is 0 Å². The van der Waals surface area contributed by atoms with Crippen LogP contribution in [0.3, 0.4) is 0 Å². The molecule has 2 N–H and O–H groups in total. The second-order valence-electron chi connectivity index (χ2n) is 5.12. The van der Waals surface area contributed by atoms with Gasteiger partial charge in [0.2, 0.25) is 0 Å². The standard InChI is InChI=1S/C12H25NO/c1-9(2)11-7-12(8-11)13-6-4-5-10(3)14/h9-14H,4-8H2,1-3H3. The molecule has 1 saturated carbocycles. The van der Waals surface area contributed by atoms with Crippen molar-refractivity contribution in [3.63, 3.8) is 0 Å². The molecule has 1 aliphatic rings. The van der Waals surface area contributed by atoms with Crippen LogP contribution < -0.4 is 5.32 Å². The van der Waals surface area contributed by atoms with Gasteiger partial charge >= 0.3 is 0 Å². The average Bonchev–Trinajstić information content (AvgIpc) is 1.98. The summed E-state index contributed by atoms with van der Waals surface area (Å²) in [6.45, 7) is 7.56. The van der Waals surface area contributed by atoms with Crippen molar-refractivity contribution in [2.45, 2.75) is 58.6 Å². The van der Waals surface area contributed by atoms with Gasteiger partial charge in [-0.05, 0) is 51.0 Å². The number of hydrogen-bond acceptors (Lipinski definition) is 2. The smallest absolute Gasteiger partial charge is 0.0512 e. The van der Waals surface area contributed by atoms with Gasteiger partial charge in [0.15, 0.2) is 0 Å². The SMILES string of the molecule is CC(O)CCCNC1CC(C(C)C)C1. The predicted octanol–water partition coefficient (Wildman–Crippen LogP) is 2.17. The van der Waals surface area contributed by atoms with Crippen LogP contribution in [0.25, 0.3) is 0 Å². The van der Waals surface area contributed by atoms with Gasteiger partial charge in [0.05, 0.1) is 6.10 Å². The monoisotopic (exact) mass is 199 g/mol. The van der Waals surface area contributed by atoms with E-state index in [9.17, 15) is 0 Å². The van der Waals surface area contributed by atoms with E-state index in [-0.39, 0.29) is 6.10 Å². The summed E-state index contributed by atoms with van der Waals surface area (Å²) in [4.78, 5) is 0. The number of aliphatic hydroxyl groups is 1. The molecule has 1 atom stereocenters. The van der Waals surface area contributed by atoms with E-state index in [4.69, 9.17) is 5.11 Å². The molecule has 0 aromatic rings. The Morgan fingerprint density at radius 1 is 1.29 bits per heavy atom. The first kappa shape index (κ1) is 12.0. The number of hydrogen-bond donors (Lipinski definition) is 2. The summed E-state index contributed by atoms with van der Waals surface area (Å²) in [5.41, 5.74) is 0. The average molecular weight is 199 g/mol. The molecule has 0 bridgehead atoms. The lowest BCUT2D eigenvalue weighted by Gasteiger charge is -2.38. The Hall–Kier alpha value is -0.0800. The van der Waals surface area contributed by atoms with E-state index in [1.54, 1.807) is 0 Å². The van der Waals surface area contributed by atoms with Crippen LogP contribution >= 0.6 is 0 Å². The lowest BCUT2D eigenvalue weighted by molar-refractivity contribution is 0.159. The highest BCUT2D eigenvalue weighted by atomic mass is 16.3. The summed E-state index contributed by atoms with van der Waals surface area (Å²) < 4.78 is 0. The summed E-state index contributed by atoms with van der Waals surface area (Å²) in [5, 5.41) is 12.6. The van der Waals surface area contributed by atoms with Gasteiger partial charge < -0.3 is 10.4 Å². The molecule has 0 heterocycles. The molecule has 0 aliphatic heterocycles. The molecule has 14 heavy (non-hydrogen) atoms. The van der Waals surface area contributed by atoms with Crippen LogP contribution in [0.15, 0.2) is 0 Å². The van der Waals surface area contributed by atoms with Crippen LogP contribution in [-0.4, -0.2) is 23.8 Å². The summed E-state index contributed by atoms with van der Waals surface area (Å²) >= 11 is 0. The van der Waals surface area contributed by atoms with Gasteiger partial charge in [0.25, 0.3) is 0 Å². The molecule has 1 fully saturated rings. The van der Waals surface area contributed by atoms with Crippen molar-refractivity contribution >= 4 is 0 Å². The van der Waals surface area contributed by atoms with Crippen LogP contribution in [0.2, 0.25) is 0 Å². The van der Waals surface area contributed by atoms with Crippen molar-refractivity contribution in [3.8, 4) is 0 Å². The maximum Gasteiger partial charge on any atom is 0.0512 e. The summed E-state index contributed by atoms with van der Waals surface area (Å²) in [6, 6.07) is 0.761. The molecule has 0 aromatic carbocycles. The largest absolute Gasteiger partial charge is 0.393 e. The fourth-order valence-electron chi connectivity index (χ4n) is 2.08. The number of rotatable bonds is 6. The zero-order chi connectivity index (χ0) is 10.6. The zero-order valence-electron chi connectivity index (χ0n) is 9.79. The summed E-state index contributed by atoms with van der Waals surface area (Å²) in [5.74, 6) is 1.80. The third-order valence-corrected chi connectivity index (χ3v) is 3.35. The molecule has 0 aromatic heterocycles. The Bertz CT molecular complexity index is 150. The number of nitrogens with one attached hydrogen (secondary N) is 1. The third kappa shape index (κ3) is 3.97.